The van der Waals surface area contributed by atoms with E-state index in [9.17, 15) is 9.59 Å². The second-order valence-electron chi connectivity index (χ2n) is 6.02. The van der Waals surface area contributed by atoms with Gasteiger partial charge in [-0.2, -0.15) is 0 Å². The van der Waals surface area contributed by atoms with E-state index in [0.717, 1.165) is 4.90 Å². The van der Waals surface area contributed by atoms with Gasteiger partial charge in [-0.1, -0.05) is 0 Å². The van der Waals surface area contributed by atoms with Crippen molar-refractivity contribution >= 4 is 17.5 Å². The first-order valence-corrected chi connectivity index (χ1v) is 7.69. The molecule has 126 valence electrons. The molecular formula is C16H24N3O4+. The maximum Gasteiger partial charge on any atom is 0.282 e. The maximum atomic E-state index is 12.3. The van der Waals surface area contributed by atoms with Gasteiger partial charge >= 0.3 is 0 Å². The van der Waals surface area contributed by atoms with Gasteiger partial charge in [0.15, 0.2) is 24.1 Å². The lowest BCUT2D eigenvalue weighted by Crippen LogP contribution is -3.15. The summed E-state index contributed by atoms with van der Waals surface area (Å²) in [5.74, 6) is 1.07. The largest absolute Gasteiger partial charge is 0.454 e. The van der Waals surface area contributed by atoms with Crippen LogP contribution in [0, 0.1) is 0 Å². The second-order valence-corrected chi connectivity index (χ2v) is 6.02. The normalized spacial score (nSPS) is 15.2. The number of carbonyl (C=O) groups excluding carboxylic acids is 2. The number of amides is 2. The lowest BCUT2D eigenvalue weighted by Gasteiger charge is -2.21. The van der Waals surface area contributed by atoms with Gasteiger partial charge in [-0.25, -0.2) is 0 Å². The standard InChI is InChI=1S/C16H23N3O4/c1-10(2)17-15(20)8-19(4)11(3)16(21)18-12-5-6-13-14(7-12)23-9-22-13/h5-7,10-11H,8-9H2,1-4H3,(H,17,20)(H,18,21)/p+1/t11-/m0/s1. The predicted octanol–water partition coefficient (Wildman–Crippen LogP) is -0.218. The monoisotopic (exact) mass is 322 g/mol. The molecule has 3 N–H and O–H groups in total. The molecule has 0 radical (unpaired) electrons. The summed E-state index contributed by atoms with van der Waals surface area (Å²) in [5.41, 5.74) is 0.644. The third-order valence-corrected chi connectivity index (χ3v) is 3.66. The number of ether oxygens (including phenoxy) is 2. The fourth-order valence-electron chi connectivity index (χ4n) is 2.23. The molecule has 1 unspecified atom stereocenters. The van der Waals surface area contributed by atoms with E-state index in [1.54, 1.807) is 25.1 Å². The van der Waals surface area contributed by atoms with Gasteiger partial charge in [-0.05, 0) is 32.9 Å². The van der Waals surface area contributed by atoms with Crippen LogP contribution in [0.15, 0.2) is 18.2 Å². The molecule has 2 atom stereocenters. The number of hydrogen-bond donors (Lipinski definition) is 3. The number of benzene rings is 1. The van der Waals surface area contributed by atoms with Crippen LogP contribution >= 0.6 is 0 Å². The maximum absolute atomic E-state index is 12.3. The first-order chi connectivity index (χ1) is 10.9. The van der Waals surface area contributed by atoms with Crippen molar-refractivity contribution in [3.63, 3.8) is 0 Å². The Hall–Kier alpha value is -2.28. The molecule has 0 spiro atoms. The smallest absolute Gasteiger partial charge is 0.282 e. The molecule has 0 bridgehead atoms. The van der Waals surface area contributed by atoms with Crippen molar-refractivity contribution in [3.8, 4) is 11.5 Å². The third-order valence-electron chi connectivity index (χ3n) is 3.66. The highest BCUT2D eigenvalue weighted by Gasteiger charge is 2.24. The van der Waals surface area contributed by atoms with Gasteiger partial charge in [-0.3, -0.25) is 9.59 Å². The van der Waals surface area contributed by atoms with Gasteiger partial charge in [0, 0.05) is 17.8 Å². The van der Waals surface area contributed by atoms with Gasteiger partial charge in [0.05, 0.1) is 7.05 Å². The van der Waals surface area contributed by atoms with Crippen molar-refractivity contribution in [1.82, 2.24) is 5.32 Å². The molecule has 0 aromatic heterocycles. The summed E-state index contributed by atoms with van der Waals surface area (Å²) in [6, 6.07) is 4.98. The number of hydrogen-bond acceptors (Lipinski definition) is 4. The zero-order chi connectivity index (χ0) is 17.0. The molecule has 2 rings (SSSR count). The summed E-state index contributed by atoms with van der Waals surface area (Å²) < 4.78 is 10.5. The Bertz CT molecular complexity index is 589. The lowest BCUT2D eigenvalue weighted by molar-refractivity contribution is -0.885. The van der Waals surface area contributed by atoms with E-state index < -0.39 is 0 Å². The van der Waals surface area contributed by atoms with Crippen LogP contribution in [-0.2, 0) is 9.59 Å². The summed E-state index contributed by atoms with van der Waals surface area (Å²) in [7, 11) is 1.82. The molecular weight excluding hydrogens is 298 g/mol. The molecule has 2 amide bonds. The Kier molecular flexibility index (Phi) is 5.44. The summed E-state index contributed by atoms with van der Waals surface area (Å²) in [6.07, 6.45) is 0. The van der Waals surface area contributed by atoms with Crippen molar-refractivity contribution in [3.05, 3.63) is 18.2 Å². The average molecular weight is 322 g/mol. The minimum Gasteiger partial charge on any atom is -0.454 e. The van der Waals surface area contributed by atoms with Crippen molar-refractivity contribution < 1.29 is 24.0 Å². The predicted molar refractivity (Wildman–Crippen MR) is 85.7 cm³/mol. The Morgan fingerprint density at radius 3 is 2.61 bits per heavy atom. The topological polar surface area (TPSA) is 81.1 Å². The highest BCUT2D eigenvalue weighted by atomic mass is 16.7. The van der Waals surface area contributed by atoms with Gasteiger partial charge < -0.3 is 25.0 Å². The molecule has 0 saturated carbocycles. The Morgan fingerprint density at radius 1 is 1.22 bits per heavy atom. The van der Waals surface area contributed by atoms with Crippen LogP contribution in [0.2, 0.25) is 0 Å². The fourth-order valence-corrected chi connectivity index (χ4v) is 2.23. The molecule has 7 nitrogen and oxygen atoms in total. The number of rotatable bonds is 6. The van der Waals surface area contributed by atoms with Crippen LogP contribution in [0.5, 0.6) is 11.5 Å². The van der Waals surface area contributed by atoms with Crippen LogP contribution in [0.3, 0.4) is 0 Å². The number of anilines is 1. The molecule has 1 aliphatic heterocycles. The lowest BCUT2D eigenvalue weighted by atomic mass is 10.2. The zero-order valence-electron chi connectivity index (χ0n) is 13.9. The first-order valence-electron chi connectivity index (χ1n) is 7.69. The molecule has 0 aliphatic carbocycles. The molecule has 0 saturated heterocycles. The van der Waals surface area contributed by atoms with E-state index in [0.29, 0.717) is 17.2 Å². The average Bonchev–Trinajstić information content (AvgIpc) is 2.92. The number of carbonyl (C=O) groups is 2. The molecule has 1 aliphatic rings. The molecule has 23 heavy (non-hydrogen) atoms. The highest BCUT2D eigenvalue weighted by Crippen LogP contribution is 2.34. The van der Waals surface area contributed by atoms with Crippen LogP contribution < -0.4 is 25.0 Å². The summed E-state index contributed by atoms with van der Waals surface area (Å²) in [4.78, 5) is 24.9. The number of quaternary nitrogens is 1. The highest BCUT2D eigenvalue weighted by molar-refractivity contribution is 5.94. The first kappa shape index (κ1) is 17.1. The molecule has 1 aromatic carbocycles. The summed E-state index contributed by atoms with van der Waals surface area (Å²) in [6.45, 7) is 6.04. The molecule has 1 aromatic rings. The summed E-state index contributed by atoms with van der Waals surface area (Å²) >= 11 is 0. The van der Waals surface area contributed by atoms with E-state index in [2.05, 4.69) is 10.6 Å². The van der Waals surface area contributed by atoms with Crippen LogP contribution in [0.1, 0.15) is 20.8 Å². The SMILES string of the molecule is CC(C)NC(=O)C[NH+](C)[C@@H](C)C(=O)Nc1ccc2c(c1)OCO2. The Balaban J connectivity index is 1.90. The van der Waals surface area contributed by atoms with Crippen molar-refractivity contribution in [2.45, 2.75) is 32.9 Å². The Morgan fingerprint density at radius 2 is 1.91 bits per heavy atom. The van der Waals surface area contributed by atoms with E-state index in [4.69, 9.17) is 9.47 Å². The number of fused-ring (bicyclic) bond motifs is 1. The number of nitrogens with one attached hydrogen (secondary N) is 3. The third kappa shape index (κ3) is 4.59. The fraction of sp³-hybridized carbons (Fsp3) is 0.500. The van der Waals surface area contributed by atoms with Crippen molar-refractivity contribution in [2.24, 2.45) is 0 Å². The summed E-state index contributed by atoms with van der Waals surface area (Å²) in [5, 5.41) is 5.66. The van der Waals surface area contributed by atoms with Crippen LogP contribution in [0.25, 0.3) is 0 Å². The zero-order valence-corrected chi connectivity index (χ0v) is 13.9. The van der Waals surface area contributed by atoms with E-state index >= 15 is 0 Å². The van der Waals surface area contributed by atoms with E-state index in [1.807, 2.05) is 20.9 Å². The van der Waals surface area contributed by atoms with Gasteiger partial charge in [0.1, 0.15) is 0 Å². The van der Waals surface area contributed by atoms with Crippen LogP contribution in [0.4, 0.5) is 5.69 Å². The van der Waals surface area contributed by atoms with Gasteiger partial charge in [0.25, 0.3) is 11.8 Å². The van der Waals surface area contributed by atoms with Gasteiger partial charge in [0.2, 0.25) is 6.79 Å². The van der Waals surface area contributed by atoms with E-state index in [-0.39, 0.29) is 37.2 Å². The quantitative estimate of drug-likeness (QED) is 0.676. The minimum absolute atomic E-state index is 0.0692. The minimum atomic E-state index is -0.363. The van der Waals surface area contributed by atoms with E-state index in [1.165, 1.54) is 0 Å². The van der Waals surface area contributed by atoms with Crippen LogP contribution in [-0.4, -0.2) is 44.3 Å². The number of likely N-dealkylation sites (N-methyl/N-ethyl adjacent to an activating group) is 1. The molecule has 7 heteroatoms. The molecule has 0 fully saturated rings. The Labute approximate surface area is 135 Å². The van der Waals surface area contributed by atoms with Gasteiger partial charge in [-0.15, -0.1) is 0 Å². The molecule has 1 heterocycles. The van der Waals surface area contributed by atoms with Crippen molar-refractivity contribution in [2.75, 3.05) is 25.7 Å². The van der Waals surface area contributed by atoms with Crippen molar-refractivity contribution in [1.29, 1.82) is 0 Å². The second kappa shape index (κ2) is 7.32.